The van der Waals surface area contributed by atoms with E-state index in [2.05, 4.69) is 20.9 Å². The van der Waals surface area contributed by atoms with Crippen molar-refractivity contribution < 1.29 is 13.9 Å². The lowest BCUT2D eigenvalue weighted by atomic mass is 10.1. The standard InChI is InChI=1S/C22H29FN4O2/c1-4-24-22(27-15-17-11-10-16(3)14-20(17)29-5-2)26-13-12-25-21(28)18-8-6-7-9-19(18)23/h6-11,14H,4-5,12-13,15H2,1-3H3,(H,25,28)(H2,24,26,27). The van der Waals surface area contributed by atoms with Gasteiger partial charge in [-0.2, -0.15) is 0 Å². The van der Waals surface area contributed by atoms with Crippen LogP contribution in [0.3, 0.4) is 0 Å². The minimum Gasteiger partial charge on any atom is -0.494 e. The zero-order chi connectivity index (χ0) is 21.1. The zero-order valence-corrected chi connectivity index (χ0v) is 17.2. The second-order valence-electron chi connectivity index (χ2n) is 6.40. The van der Waals surface area contributed by atoms with E-state index in [-0.39, 0.29) is 5.56 Å². The molecule has 29 heavy (non-hydrogen) atoms. The maximum absolute atomic E-state index is 13.6. The van der Waals surface area contributed by atoms with Gasteiger partial charge in [-0.1, -0.05) is 24.3 Å². The highest BCUT2D eigenvalue weighted by Gasteiger charge is 2.10. The van der Waals surface area contributed by atoms with Crippen LogP contribution >= 0.6 is 0 Å². The highest BCUT2D eigenvalue weighted by Crippen LogP contribution is 2.21. The first-order valence-corrected chi connectivity index (χ1v) is 9.82. The third-order valence-electron chi connectivity index (χ3n) is 4.10. The fraction of sp³-hybridized carbons (Fsp3) is 0.364. The second-order valence-corrected chi connectivity index (χ2v) is 6.40. The number of carbonyl (C=O) groups is 1. The second kappa shape index (κ2) is 11.7. The number of amides is 1. The number of nitrogens with zero attached hydrogens (tertiary/aromatic N) is 1. The number of carbonyl (C=O) groups excluding carboxylic acids is 1. The van der Waals surface area contributed by atoms with Crippen molar-refractivity contribution in [2.75, 3.05) is 26.2 Å². The Morgan fingerprint density at radius 2 is 1.83 bits per heavy atom. The minimum atomic E-state index is -0.531. The summed E-state index contributed by atoms with van der Waals surface area (Å²) < 4.78 is 19.3. The molecule has 3 N–H and O–H groups in total. The number of hydrogen-bond acceptors (Lipinski definition) is 3. The average Bonchev–Trinajstić information content (AvgIpc) is 2.70. The molecule has 2 rings (SSSR count). The van der Waals surface area contributed by atoms with Crippen molar-refractivity contribution in [1.82, 2.24) is 16.0 Å². The van der Waals surface area contributed by atoms with Crippen molar-refractivity contribution in [3.05, 3.63) is 65.0 Å². The zero-order valence-electron chi connectivity index (χ0n) is 17.2. The van der Waals surface area contributed by atoms with Gasteiger partial charge in [-0.15, -0.1) is 0 Å². The smallest absolute Gasteiger partial charge is 0.254 e. The van der Waals surface area contributed by atoms with Crippen LogP contribution in [0.1, 0.15) is 35.3 Å². The fourth-order valence-electron chi connectivity index (χ4n) is 2.69. The number of halogens is 1. The van der Waals surface area contributed by atoms with E-state index in [1.54, 1.807) is 12.1 Å². The largest absolute Gasteiger partial charge is 0.494 e. The Morgan fingerprint density at radius 3 is 2.55 bits per heavy atom. The Bertz CT molecular complexity index is 839. The molecule has 0 saturated heterocycles. The van der Waals surface area contributed by atoms with E-state index < -0.39 is 11.7 Å². The molecular formula is C22H29FN4O2. The summed E-state index contributed by atoms with van der Waals surface area (Å²) in [6.45, 7) is 8.53. The van der Waals surface area contributed by atoms with E-state index in [0.717, 1.165) is 16.9 Å². The third-order valence-corrected chi connectivity index (χ3v) is 4.10. The lowest BCUT2D eigenvalue weighted by molar-refractivity contribution is 0.0950. The van der Waals surface area contributed by atoms with Crippen molar-refractivity contribution in [1.29, 1.82) is 0 Å². The third kappa shape index (κ3) is 7.10. The quantitative estimate of drug-likeness (QED) is 0.344. The van der Waals surface area contributed by atoms with Crippen LogP contribution in [-0.4, -0.2) is 38.1 Å². The van der Waals surface area contributed by atoms with E-state index in [0.29, 0.717) is 38.7 Å². The number of aliphatic imine (C=N–C) groups is 1. The number of hydrogen-bond donors (Lipinski definition) is 3. The molecule has 1 amide bonds. The number of rotatable bonds is 9. The lowest BCUT2D eigenvalue weighted by Gasteiger charge is -2.13. The highest BCUT2D eigenvalue weighted by molar-refractivity contribution is 5.94. The number of nitrogens with one attached hydrogen (secondary N) is 3. The first-order chi connectivity index (χ1) is 14.0. The van der Waals surface area contributed by atoms with E-state index in [1.807, 2.05) is 39.0 Å². The molecule has 2 aromatic rings. The molecule has 0 heterocycles. The summed E-state index contributed by atoms with van der Waals surface area (Å²) >= 11 is 0. The topological polar surface area (TPSA) is 74.8 Å². The molecular weight excluding hydrogens is 371 g/mol. The Labute approximate surface area is 171 Å². The number of aryl methyl sites for hydroxylation is 1. The Morgan fingerprint density at radius 1 is 1.07 bits per heavy atom. The van der Waals surface area contributed by atoms with E-state index in [4.69, 9.17) is 4.74 Å². The molecule has 0 aliphatic rings. The van der Waals surface area contributed by atoms with Crippen LogP contribution < -0.4 is 20.7 Å². The summed E-state index contributed by atoms with van der Waals surface area (Å²) in [6.07, 6.45) is 0. The van der Waals surface area contributed by atoms with E-state index >= 15 is 0 Å². The van der Waals surface area contributed by atoms with Gasteiger partial charge in [0.25, 0.3) is 5.91 Å². The molecule has 0 aliphatic carbocycles. The maximum Gasteiger partial charge on any atom is 0.254 e. The predicted molar refractivity (Wildman–Crippen MR) is 114 cm³/mol. The van der Waals surface area contributed by atoms with Gasteiger partial charge in [0, 0.05) is 25.2 Å². The van der Waals surface area contributed by atoms with Crippen LogP contribution in [0.5, 0.6) is 5.75 Å². The monoisotopic (exact) mass is 400 g/mol. The summed E-state index contributed by atoms with van der Waals surface area (Å²) in [7, 11) is 0. The van der Waals surface area contributed by atoms with Gasteiger partial charge in [-0.3, -0.25) is 4.79 Å². The van der Waals surface area contributed by atoms with Crippen LogP contribution in [-0.2, 0) is 6.54 Å². The minimum absolute atomic E-state index is 0.0379. The van der Waals surface area contributed by atoms with Gasteiger partial charge in [0.1, 0.15) is 11.6 Å². The predicted octanol–water partition coefficient (Wildman–Crippen LogP) is 3.02. The molecule has 0 aromatic heterocycles. The molecule has 0 aliphatic heterocycles. The van der Waals surface area contributed by atoms with Crippen LogP contribution in [0.2, 0.25) is 0 Å². The van der Waals surface area contributed by atoms with Gasteiger partial charge in [0.05, 0.1) is 18.7 Å². The molecule has 0 bridgehead atoms. The molecule has 2 aromatic carbocycles. The average molecular weight is 400 g/mol. The maximum atomic E-state index is 13.6. The lowest BCUT2D eigenvalue weighted by Crippen LogP contribution is -2.41. The summed E-state index contributed by atoms with van der Waals surface area (Å²) in [4.78, 5) is 16.6. The van der Waals surface area contributed by atoms with Crippen molar-refractivity contribution in [3.8, 4) is 5.75 Å². The van der Waals surface area contributed by atoms with Crippen LogP contribution in [0, 0.1) is 12.7 Å². The molecule has 0 spiro atoms. The Hall–Kier alpha value is -3.09. The van der Waals surface area contributed by atoms with Gasteiger partial charge < -0.3 is 20.7 Å². The molecule has 7 heteroatoms. The number of benzene rings is 2. The Balaban J connectivity index is 1.90. The molecule has 6 nitrogen and oxygen atoms in total. The molecule has 0 fully saturated rings. The van der Waals surface area contributed by atoms with E-state index in [9.17, 15) is 9.18 Å². The molecule has 0 radical (unpaired) electrons. The molecule has 0 unspecified atom stereocenters. The number of ether oxygens (including phenoxy) is 1. The summed E-state index contributed by atoms with van der Waals surface area (Å²) in [5, 5.41) is 9.03. The Kier molecular flexibility index (Phi) is 8.95. The molecule has 0 saturated carbocycles. The molecule has 156 valence electrons. The van der Waals surface area contributed by atoms with Crippen molar-refractivity contribution in [3.63, 3.8) is 0 Å². The van der Waals surface area contributed by atoms with Crippen LogP contribution in [0.25, 0.3) is 0 Å². The van der Waals surface area contributed by atoms with Gasteiger partial charge in [0.15, 0.2) is 5.96 Å². The first kappa shape index (κ1) is 22.2. The summed E-state index contributed by atoms with van der Waals surface area (Å²) in [6, 6.07) is 12.0. The van der Waals surface area contributed by atoms with Crippen molar-refractivity contribution in [2.24, 2.45) is 4.99 Å². The SMILES string of the molecule is CCNC(=NCc1ccc(C)cc1OCC)NCCNC(=O)c1ccccc1F. The van der Waals surface area contributed by atoms with Crippen molar-refractivity contribution >= 4 is 11.9 Å². The summed E-state index contributed by atoms with van der Waals surface area (Å²) in [5.41, 5.74) is 2.18. The van der Waals surface area contributed by atoms with Crippen LogP contribution in [0.4, 0.5) is 4.39 Å². The summed E-state index contributed by atoms with van der Waals surface area (Å²) in [5.74, 6) is 0.504. The normalized spacial score (nSPS) is 11.1. The van der Waals surface area contributed by atoms with Crippen molar-refractivity contribution in [2.45, 2.75) is 27.3 Å². The van der Waals surface area contributed by atoms with Gasteiger partial charge in [0.2, 0.25) is 0 Å². The van der Waals surface area contributed by atoms with Gasteiger partial charge in [-0.25, -0.2) is 9.38 Å². The van der Waals surface area contributed by atoms with Crippen LogP contribution in [0.15, 0.2) is 47.5 Å². The fourth-order valence-corrected chi connectivity index (χ4v) is 2.69. The highest BCUT2D eigenvalue weighted by atomic mass is 19.1. The molecule has 0 atom stereocenters. The van der Waals surface area contributed by atoms with Gasteiger partial charge in [-0.05, 0) is 44.5 Å². The van der Waals surface area contributed by atoms with Gasteiger partial charge >= 0.3 is 0 Å². The van der Waals surface area contributed by atoms with E-state index in [1.165, 1.54) is 12.1 Å². The number of guanidine groups is 1. The first-order valence-electron chi connectivity index (χ1n) is 9.82.